The molecule has 0 radical (unpaired) electrons. The highest BCUT2D eigenvalue weighted by molar-refractivity contribution is 5.82. The molecule has 2 heterocycles. The van der Waals surface area contributed by atoms with Crippen LogP contribution in [0.1, 0.15) is 6.42 Å². The van der Waals surface area contributed by atoms with Crippen LogP contribution >= 0.6 is 0 Å². The lowest BCUT2D eigenvalue weighted by molar-refractivity contribution is -0.227. The van der Waals surface area contributed by atoms with Crippen molar-refractivity contribution in [2.24, 2.45) is 5.41 Å². The molecule has 2 saturated heterocycles. The summed E-state index contributed by atoms with van der Waals surface area (Å²) >= 11 is 0. The number of carboxylic acid groups (broad SMARTS) is 1. The second-order valence-electron chi connectivity index (χ2n) is 5.48. The van der Waals surface area contributed by atoms with Gasteiger partial charge in [-0.1, -0.05) is 0 Å². The molecule has 0 aliphatic carbocycles. The topological polar surface area (TPSA) is 72.9 Å². The van der Waals surface area contributed by atoms with E-state index >= 15 is 0 Å². The number of piperazine rings is 1. The van der Waals surface area contributed by atoms with Gasteiger partial charge in [0.25, 0.3) is 0 Å². The van der Waals surface area contributed by atoms with Crippen molar-refractivity contribution in [1.29, 1.82) is 0 Å². The standard InChI is InChI=1S/C12H18F3N3O3/c13-12(14,15)11(10(20)21)1-4-18(8-11)9(19)7-17-5-2-16-3-6-17/h16H,1-8H2,(H,20,21). The van der Waals surface area contributed by atoms with Crippen LogP contribution in [0.25, 0.3) is 0 Å². The normalized spacial score (nSPS) is 27.9. The molecule has 0 bridgehead atoms. The summed E-state index contributed by atoms with van der Waals surface area (Å²) < 4.78 is 39.1. The molecule has 1 unspecified atom stereocenters. The van der Waals surface area contributed by atoms with Crippen molar-refractivity contribution in [3.05, 3.63) is 0 Å². The lowest BCUT2D eigenvalue weighted by atomic mass is 9.86. The van der Waals surface area contributed by atoms with Gasteiger partial charge < -0.3 is 15.3 Å². The zero-order valence-electron chi connectivity index (χ0n) is 11.4. The van der Waals surface area contributed by atoms with Gasteiger partial charge in [-0.05, 0) is 6.42 Å². The second-order valence-corrected chi connectivity index (χ2v) is 5.48. The van der Waals surface area contributed by atoms with Crippen LogP contribution in [0.3, 0.4) is 0 Å². The number of carbonyl (C=O) groups is 2. The molecule has 2 fully saturated rings. The predicted octanol–water partition coefficient (Wildman–Crippen LogP) is -0.243. The monoisotopic (exact) mass is 309 g/mol. The largest absolute Gasteiger partial charge is 0.481 e. The van der Waals surface area contributed by atoms with Crippen molar-refractivity contribution in [2.75, 3.05) is 45.8 Å². The fourth-order valence-electron chi connectivity index (χ4n) is 2.71. The second kappa shape index (κ2) is 5.80. The molecule has 0 aromatic heterocycles. The first-order valence-electron chi connectivity index (χ1n) is 6.77. The van der Waals surface area contributed by atoms with Crippen LogP contribution in [0.4, 0.5) is 13.2 Å². The first-order valence-corrected chi connectivity index (χ1v) is 6.77. The van der Waals surface area contributed by atoms with Crippen LogP contribution in [0.5, 0.6) is 0 Å². The molecule has 2 N–H and O–H groups in total. The number of alkyl halides is 3. The van der Waals surface area contributed by atoms with E-state index in [1.54, 1.807) is 0 Å². The first-order chi connectivity index (χ1) is 9.76. The molecule has 0 aromatic carbocycles. The maximum absolute atomic E-state index is 13.0. The summed E-state index contributed by atoms with van der Waals surface area (Å²) in [5.41, 5.74) is -2.83. The molecule has 2 aliphatic heterocycles. The summed E-state index contributed by atoms with van der Waals surface area (Å²) in [6.07, 6.45) is -5.44. The fraction of sp³-hybridized carbons (Fsp3) is 0.833. The number of carboxylic acids is 1. The van der Waals surface area contributed by atoms with Crippen molar-refractivity contribution >= 4 is 11.9 Å². The molecule has 2 rings (SSSR count). The number of halogens is 3. The third-order valence-electron chi connectivity index (χ3n) is 4.14. The zero-order valence-corrected chi connectivity index (χ0v) is 11.4. The zero-order chi connectivity index (χ0) is 15.7. The molecule has 6 nitrogen and oxygen atoms in total. The molecule has 1 amide bonds. The smallest absolute Gasteiger partial charge is 0.406 e. The first kappa shape index (κ1) is 16.0. The summed E-state index contributed by atoms with van der Waals surface area (Å²) in [5, 5.41) is 12.1. The summed E-state index contributed by atoms with van der Waals surface area (Å²) in [6, 6.07) is 0. The van der Waals surface area contributed by atoms with Gasteiger partial charge in [-0.2, -0.15) is 13.2 Å². The number of carbonyl (C=O) groups excluding carboxylic acids is 1. The maximum atomic E-state index is 13.0. The lowest BCUT2D eigenvalue weighted by Gasteiger charge is -2.30. The number of amides is 1. The van der Waals surface area contributed by atoms with Gasteiger partial charge >= 0.3 is 12.1 Å². The van der Waals surface area contributed by atoms with Gasteiger partial charge in [0, 0.05) is 39.3 Å². The molecule has 1 atom stereocenters. The summed E-state index contributed by atoms with van der Waals surface area (Å²) in [4.78, 5) is 26.0. The van der Waals surface area contributed by atoms with Gasteiger partial charge in [-0.25, -0.2) is 0 Å². The van der Waals surface area contributed by atoms with Crippen LogP contribution < -0.4 is 5.32 Å². The molecule has 0 saturated carbocycles. The molecule has 2 aliphatic rings. The Labute approximate surface area is 119 Å². The average Bonchev–Trinajstić information content (AvgIpc) is 2.86. The Morgan fingerprint density at radius 3 is 2.29 bits per heavy atom. The Balaban J connectivity index is 2.00. The third kappa shape index (κ3) is 3.13. The number of nitrogens with zero attached hydrogens (tertiary/aromatic N) is 2. The molecular formula is C12H18F3N3O3. The van der Waals surface area contributed by atoms with Crippen molar-refractivity contribution < 1.29 is 27.9 Å². The highest BCUT2D eigenvalue weighted by Gasteiger charge is 2.64. The number of hydrogen-bond acceptors (Lipinski definition) is 4. The van der Waals surface area contributed by atoms with E-state index in [-0.39, 0.29) is 13.1 Å². The highest BCUT2D eigenvalue weighted by atomic mass is 19.4. The number of aliphatic carboxylic acids is 1. The predicted molar refractivity (Wildman–Crippen MR) is 66.6 cm³/mol. The van der Waals surface area contributed by atoms with Gasteiger partial charge in [0.1, 0.15) is 0 Å². The van der Waals surface area contributed by atoms with Crippen LogP contribution in [-0.4, -0.2) is 78.8 Å². The minimum absolute atomic E-state index is 0.0369. The van der Waals surface area contributed by atoms with Gasteiger partial charge in [0.05, 0.1) is 6.54 Å². The van der Waals surface area contributed by atoms with E-state index in [2.05, 4.69) is 5.32 Å². The van der Waals surface area contributed by atoms with E-state index in [9.17, 15) is 22.8 Å². The highest BCUT2D eigenvalue weighted by Crippen LogP contribution is 2.45. The van der Waals surface area contributed by atoms with Crippen LogP contribution in [-0.2, 0) is 9.59 Å². The van der Waals surface area contributed by atoms with E-state index in [0.717, 1.165) is 18.0 Å². The van der Waals surface area contributed by atoms with Crippen molar-refractivity contribution in [3.8, 4) is 0 Å². The quantitative estimate of drug-likeness (QED) is 0.753. The van der Waals surface area contributed by atoms with Crippen molar-refractivity contribution in [2.45, 2.75) is 12.6 Å². The lowest BCUT2D eigenvalue weighted by Crippen LogP contribution is -2.50. The fourth-order valence-corrected chi connectivity index (χ4v) is 2.71. The van der Waals surface area contributed by atoms with Gasteiger partial charge in [-0.15, -0.1) is 0 Å². The Morgan fingerprint density at radius 2 is 1.81 bits per heavy atom. The van der Waals surface area contributed by atoms with Crippen LogP contribution in [0.15, 0.2) is 0 Å². The summed E-state index contributed by atoms with van der Waals surface area (Å²) in [6.45, 7) is 1.85. The Morgan fingerprint density at radius 1 is 1.19 bits per heavy atom. The summed E-state index contributed by atoms with van der Waals surface area (Å²) in [5.74, 6) is -2.35. The van der Waals surface area contributed by atoms with E-state index in [1.807, 2.05) is 4.90 Å². The Bertz CT molecular complexity index is 424. The number of hydrogen-bond donors (Lipinski definition) is 2. The third-order valence-corrected chi connectivity index (χ3v) is 4.14. The van der Waals surface area contributed by atoms with Gasteiger partial charge in [0.15, 0.2) is 5.41 Å². The number of nitrogens with one attached hydrogen (secondary N) is 1. The maximum Gasteiger partial charge on any atom is 0.406 e. The summed E-state index contributed by atoms with van der Waals surface area (Å²) in [7, 11) is 0. The molecular weight excluding hydrogens is 291 g/mol. The van der Waals surface area contributed by atoms with E-state index in [0.29, 0.717) is 13.1 Å². The van der Waals surface area contributed by atoms with Gasteiger partial charge in [0.2, 0.25) is 5.91 Å². The molecule has 21 heavy (non-hydrogen) atoms. The molecule has 0 spiro atoms. The Hall–Kier alpha value is -1.35. The average molecular weight is 309 g/mol. The molecule has 120 valence electrons. The van der Waals surface area contributed by atoms with E-state index < -0.39 is 36.4 Å². The van der Waals surface area contributed by atoms with Crippen LogP contribution in [0, 0.1) is 5.41 Å². The minimum atomic E-state index is -4.86. The Kier molecular flexibility index (Phi) is 4.43. The van der Waals surface area contributed by atoms with E-state index in [4.69, 9.17) is 5.11 Å². The van der Waals surface area contributed by atoms with Crippen molar-refractivity contribution in [1.82, 2.24) is 15.1 Å². The van der Waals surface area contributed by atoms with E-state index in [1.165, 1.54) is 0 Å². The molecule has 9 heteroatoms. The number of rotatable bonds is 3. The number of likely N-dealkylation sites (tertiary alicyclic amines) is 1. The van der Waals surface area contributed by atoms with Crippen LogP contribution in [0.2, 0.25) is 0 Å². The molecule has 0 aromatic rings. The minimum Gasteiger partial charge on any atom is -0.481 e. The van der Waals surface area contributed by atoms with Gasteiger partial charge in [-0.3, -0.25) is 14.5 Å². The SMILES string of the molecule is O=C(CN1CCNCC1)N1CCC(C(=O)O)(C(F)(F)F)C1. The van der Waals surface area contributed by atoms with Crippen molar-refractivity contribution in [3.63, 3.8) is 0 Å².